The molecule has 0 radical (unpaired) electrons. The zero-order valence-electron chi connectivity index (χ0n) is 12.1. The lowest BCUT2D eigenvalue weighted by Gasteiger charge is -2.33. The molecule has 0 amide bonds. The van der Waals surface area contributed by atoms with E-state index in [2.05, 4.69) is 6.92 Å². The maximum Gasteiger partial charge on any atom is 0.347 e. The smallest absolute Gasteiger partial charge is 0.347 e. The number of ketones is 1. The Morgan fingerprint density at radius 3 is 2.80 bits per heavy atom. The molecule has 2 aliphatic rings. The van der Waals surface area contributed by atoms with Crippen LogP contribution in [0.1, 0.15) is 46.5 Å². The van der Waals surface area contributed by atoms with E-state index in [1.165, 1.54) is 19.4 Å². The summed E-state index contributed by atoms with van der Waals surface area (Å²) in [7, 11) is 0. The van der Waals surface area contributed by atoms with Crippen molar-refractivity contribution in [3.05, 3.63) is 11.6 Å². The first kappa shape index (κ1) is 14.8. The van der Waals surface area contributed by atoms with Crippen LogP contribution in [0.4, 0.5) is 0 Å². The first-order chi connectivity index (χ1) is 9.32. The van der Waals surface area contributed by atoms with Gasteiger partial charge in [-0.3, -0.25) is 9.59 Å². The van der Waals surface area contributed by atoms with Gasteiger partial charge in [0.05, 0.1) is 0 Å². The third-order valence-corrected chi connectivity index (χ3v) is 4.15. The van der Waals surface area contributed by atoms with E-state index in [-0.39, 0.29) is 11.2 Å². The highest BCUT2D eigenvalue weighted by atomic mass is 16.6. The summed E-state index contributed by atoms with van der Waals surface area (Å²) >= 11 is 0. The number of fused-ring (bicyclic) bond motifs is 1. The molecule has 3 atom stereocenters. The molecule has 20 heavy (non-hydrogen) atoms. The van der Waals surface area contributed by atoms with E-state index in [1.807, 2.05) is 0 Å². The van der Waals surface area contributed by atoms with Crippen LogP contribution in [0.5, 0.6) is 0 Å². The van der Waals surface area contributed by atoms with Gasteiger partial charge in [0.2, 0.25) is 0 Å². The van der Waals surface area contributed by atoms with Crippen molar-refractivity contribution in [3.8, 4) is 0 Å². The van der Waals surface area contributed by atoms with Crippen molar-refractivity contribution in [2.45, 2.75) is 58.7 Å². The molecule has 0 unspecified atom stereocenters. The van der Waals surface area contributed by atoms with Crippen molar-refractivity contribution < 1.29 is 23.9 Å². The van der Waals surface area contributed by atoms with Gasteiger partial charge in [-0.1, -0.05) is 12.5 Å². The third-order valence-electron chi connectivity index (χ3n) is 4.15. The van der Waals surface area contributed by atoms with Gasteiger partial charge >= 0.3 is 11.9 Å². The first-order valence-corrected chi connectivity index (χ1v) is 6.94. The molecule has 5 nitrogen and oxygen atoms in total. The quantitative estimate of drug-likeness (QED) is 0.739. The highest BCUT2D eigenvalue weighted by Gasteiger charge is 2.43. The predicted octanol–water partition coefficient (Wildman–Crippen LogP) is 1.94. The lowest BCUT2D eigenvalue weighted by atomic mass is 9.74. The molecule has 2 rings (SSSR count). The minimum absolute atomic E-state index is 0.0382. The molecule has 5 heteroatoms. The van der Waals surface area contributed by atoms with Gasteiger partial charge < -0.3 is 9.47 Å². The fraction of sp³-hybridized carbons (Fsp3) is 0.667. The molecule has 0 aromatic rings. The van der Waals surface area contributed by atoms with Crippen LogP contribution in [0.25, 0.3) is 0 Å². The third kappa shape index (κ3) is 2.92. The Hall–Kier alpha value is -1.65. The molecule has 0 bridgehead atoms. The van der Waals surface area contributed by atoms with Crippen LogP contribution in [0.3, 0.4) is 0 Å². The number of carbonyl (C=O) groups is 3. The number of allylic oxidation sites excluding steroid dienone is 1. The molecular weight excluding hydrogens is 260 g/mol. The summed E-state index contributed by atoms with van der Waals surface area (Å²) in [6.07, 6.45) is 3.45. The molecule has 0 spiro atoms. The minimum Gasteiger partial charge on any atom is -0.451 e. The van der Waals surface area contributed by atoms with Crippen molar-refractivity contribution in [2.24, 2.45) is 5.41 Å². The first-order valence-electron chi connectivity index (χ1n) is 6.94. The van der Waals surface area contributed by atoms with Crippen LogP contribution in [0.15, 0.2) is 11.6 Å². The normalized spacial score (nSPS) is 30.2. The van der Waals surface area contributed by atoms with E-state index >= 15 is 0 Å². The minimum atomic E-state index is -0.984. The zero-order chi connectivity index (χ0) is 14.9. The van der Waals surface area contributed by atoms with Crippen LogP contribution < -0.4 is 0 Å². The van der Waals surface area contributed by atoms with E-state index in [0.29, 0.717) is 6.42 Å². The Balaban J connectivity index is 2.02. The van der Waals surface area contributed by atoms with Crippen molar-refractivity contribution in [2.75, 3.05) is 0 Å². The zero-order valence-corrected chi connectivity index (χ0v) is 12.1. The van der Waals surface area contributed by atoms with Crippen molar-refractivity contribution >= 4 is 17.7 Å². The Morgan fingerprint density at radius 2 is 2.15 bits per heavy atom. The Labute approximate surface area is 118 Å². The molecule has 0 aliphatic heterocycles. The second-order valence-electron chi connectivity index (χ2n) is 5.87. The van der Waals surface area contributed by atoms with Crippen molar-refractivity contribution in [1.82, 2.24) is 0 Å². The number of hydrogen-bond acceptors (Lipinski definition) is 5. The van der Waals surface area contributed by atoms with Crippen LogP contribution in [0, 0.1) is 5.41 Å². The van der Waals surface area contributed by atoms with E-state index in [0.717, 1.165) is 19.3 Å². The summed E-state index contributed by atoms with van der Waals surface area (Å²) in [4.78, 5) is 34.6. The molecule has 0 saturated heterocycles. The Kier molecular flexibility index (Phi) is 3.97. The number of hydrogen-bond donors (Lipinski definition) is 0. The van der Waals surface area contributed by atoms with Gasteiger partial charge in [-0.15, -0.1) is 0 Å². The Bertz CT molecular complexity index is 479. The maximum atomic E-state index is 12.0. The van der Waals surface area contributed by atoms with Gasteiger partial charge in [0.15, 0.2) is 18.0 Å². The average Bonchev–Trinajstić information content (AvgIpc) is 2.69. The van der Waals surface area contributed by atoms with Gasteiger partial charge in [-0.05, 0) is 37.7 Å². The lowest BCUT2D eigenvalue weighted by molar-refractivity contribution is -0.171. The maximum absolute atomic E-state index is 12.0. The molecule has 0 heterocycles. The fourth-order valence-corrected chi connectivity index (χ4v) is 3.02. The Morgan fingerprint density at radius 1 is 1.45 bits per heavy atom. The SMILES string of the molecule is CC(=O)O[C@@H](C)C(=O)O[C@@H]1C[C@]2(C)CCCC2=CC1=O. The lowest BCUT2D eigenvalue weighted by Crippen LogP contribution is -2.39. The second kappa shape index (κ2) is 5.38. The van der Waals surface area contributed by atoms with Gasteiger partial charge in [-0.25, -0.2) is 4.79 Å². The average molecular weight is 280 g/mol. The van der Waals surface area contributed by atoms with E-state index in [1.54, 1.807) is 6.08 Å². The largest absolute Gasteiger partial charge is 0.451 e. The monoisotopic (exact) mass is 280 g/mol. The van der Waals surface area contributed by atoms with Gasteiger partial charge in [0, 0.05) is 13.3 Å². The van der Waals surface area contributed by atoms with Crippen LogP contribution in [-0.4, -0.2) is 29.9 Å². The predicted molar refractivity (Wildman–Crippen MR) is 70.8 cm³/mol. The highest BCUT2D eigenvalue weighted by Crippen LogP contribution is 2.48. The molecular formula is C15H20O5. The van der Waals surface area contributed by atoms with Gasteiger partial charge in [0.25, 0.3) is 0 Å². The van der Waals surface area contributed by atoms with Crippen molar-refractivity contribution in [1.29, 1.82) is 0 Å². The van der Waals surface area contributed by atoms with E-state index in [4.69, 9.17) is 9.47 Å². The summed E-state index contributed by atoms with van der Waals surface area (Å²) in [5.41, 5.74) is 1.13. The molecule has 1 fully saturated rings. The molecule has 110 valence electrons. The molecule has 0 aromatic carbocycles. The van der Waals surface area contributed by atoms with Crippen molar-refractivity contribution in [3.63, 3.8) is 0 Å². The summed E-state index contributed by atoms with van der Waals surface area (Å²) in [5.74, 6) is -1.38. The van der Waals surface area contributed by atoms with Gasteiger partial charge in [0.1, 0.15) is 0 Å². The van der Waals surface area contributed by atoms with Gasteiger partial charge in [-0.2, -0.15) is 0 Å². The summed E-state index contributed by atoms with van der Waals surface area (Å²) < 4.78 is 9.99. The number of esters is 2. The number of rotatable bonds is 3. The molecule has 0 N–H and O–H groups in total. The standard InChI is InChI=1S/C15H20O5/c1-9(19-10(2)16)14(18)20-13-8-15(3)6-4-5-11(15)7-12(13)17/h7,9,13H,4-6,8H2,1-3H3/t9-,13+,15-/m0/s1. The topological polar surface area (TPSA) is 69.7 Å². The van der Waals surface area contributed by atoms with Crippen LogP contribution in [-0.2, 0) is 23.9 Å². The highest BCUT2D eigenvalue weighted by molar-refractivity contribution is 5.97. The number of carbonyl (C=O) groups excluding carboxylic acids is 3. The summed E-state index contributed by atoms with van der Waals surface area (Å²) in [6.45, 7) is 4.77. The van der Waals surface area contributed by atoms with Crippen LogP contribution in [0.2, 0.25) is 0 Å². The summed E-state index contributed by atoms with van der Waals surface area (Å²) in [6, 6.07) is 0. The molecule has 1 saturated carbocycles. The molecule has 2 aliphatic carbocycles. The number of ether oxygens (including phenoxy) is 2. The van der Waals surface area contributed by atoms with E-state index in [9.17, 15) is 14.4 Å². The van der Waals surface area contributed by atoms with Crippen LogP contribution >= 0.6 is 0 Å². The summed E-state index contributed by atoms with van der Waals surface area (Å²) in [5, 5.41) is 0. The molecule has 0 aromatic heterocycles. The van der Waals surface area contributed by atoms with E-state index < -0.39 is 24.1 Å². The second-order valence-corrected chi connectivity index (χ2v) is 5.87. The fourth-order valence-electron chi connectivity index (χ4n) is 3.02.